The Morgan fingerprint density at radius 2 is 1.32 bits per heavy atom. The Bertz CT molecular complexity index is 411. The van der Waals surface area contributed by atoms with Gasteiger partial charge in [0.2, 0.25) is 0 Å². The van der Waals surface area contributed by atoms with Crippen molar-refractivity contribution in [3.05, 3.63) is 36.5 Å². The second kappa shape index (κ2) is 11.3. The van der Waals surface area contributed by atoms with Crippen molar-refractivity contribution >= 4 is 17.9 Å². The first kappa shape index (κ1) is 21.9. The Labute approximate surface area is 129 Å². The molecular weight excluding hydrogens is 292 g/mol. The third-order valence-electron chi connectivity index (χ3n) is 1.88. The lowest BCUT2D eigenvalue weighted by Gasteiger charge is -1.99. The van der Waals surface area contributed by atoms with Crippen LogP contribution in [0.15, 0.2) is 36.5 Å². The van der Waals surface area contributed by atoms with Crippen LogP contribution in [0.1, 0.15) is 20.8 Å². The number of aliphatic carboxylic acids is 2. The van der Waals surface area contributed by atoms with Gasteiger partial charge in [-0.05, 0) is 20.8 Å². The van der Waals surface area contributed by atoms with Gasteiger partial charge in [0.05, 0.1) is 6.61 Å². The van der Waals surface area contributed by atoms with E-state index in [9.17, 15) is 14.4 Å². The van der Waals surface area contributed by atoms with Crippen LogP contribution in [-0.4, -0.2) is 47.4 Å². The molecule has 0 spiro atoms. The SMILES string of the molecule is C=C(C)C(=O)O.C=C(C)C(=O)O.C=C(C)C(=O)OCC1CO1. The normalized spacial score (nSPS) is 14.0. The second-order valence-corrected chi connectivity index (χ2v) is 4.51. The van der Waals surface area contributed by atoms with Crippen molar-refractivity contribution in [1.82, 2.24) is 0 Å². The van der Waals surface area contributed by atoms with Crippen molar-refractivity contribution in [2.75, 3.05) is 13.2 Å². The Balaban J connectivity index is 0. The predicted octanol–water partition coefficient (Wildman–Crippen LogP) is 1.80. The molecule has 1 aliphatic rings. The highest BCUT2D eigenvalue weighted by Crippen LogP contribution is 2.09. The van der Waals surface area contributed by atoms with Crippen LogP contribution in [0.4, 0.5) is 0 Å². The maximum atomic E-state index is 10.7. The monoisotopic (exact) mass is 314 g/mol. The molecular formula is C15H22O7. The molecule has 1 saturated heterocycles. The number of hydrogen-bond acceptors (Lipinski definition) is 5. The van der Waals surface area contributed by atoms with Crippen LogP contribution >= 0.6 is 0 Å². The summed E-state index contributed by atoms with van der Waals surface area (Å²) < 4.78 is 9.60. The summed E-state index contributed by atoms with van der Waals surface area (Å²) in [6, 6.07) is 0. The van der Waals surface area contributed by atoms with Crippen LogP contribution in [-0.2, 0) is 23.9 Å². The summed E-state index contributed by atoms with van der Waals surface area (Å²) in [5.74, 6) is -2.21. The molecule has 22 heavy (non-hydrogen) atoms. The largest absolute Gasteiger partial charge is 0.478 e. The van der Waals surface area contributed by atoms with Gasteiger partial charge in [0.15, 0.2) is 0 Å². The average Bonchev–Trinajstić information content (AvgIpc) is 3.20. The number of carboxylic acids is 2. The van der Waals surface area contributed by atoms with Crippen LogP contribution in [0.2, 0.25) is 0 Å². The van der Waals surface area contributed by atoms with Crippen LogP contribution in [0.25, 0.3) is 0 Å². The lowest BCUT2D eigenvalue weighted by atomic mass is 10.4. The van der Waals surface area contributed by atoms with E-state index in [0.29, 0.717) is 18.8 Å². The fourth-order valence-electron chi connectivity index (χ4n) is 0.456. The van der Waals surface area contributed by atoms with E-state index >= 15 is 0 Å². The molecule has 0 bridgehead atoms. The molecule has 0 aliphatic carbocycles. The number of ether oxygens (including phenoxy) is 2. The van der Waals surface area contributed by atoms with Crippen LogP contribution in [0.3, 0.4) is 0 Å². The molecule has 1 rings (SSSR count). The Morgan fingerprint density at radius 3 is 1.50 bits per heavy atom. The van der Waals surface area contributed by atoms with Gasteiger partial charge in [-0.15, -0.1) is 0 Å². The van der Waals surface area contributed by atoms with Crippen molar-refractivity contribution in [1.29, 1.82) is 0 Å². The summed E-state index contributed by atoms with van der Waals surface area (Å²) in [5.41, 5.74) is 0.783. The highest BCUT2D eigenvalue weighted by atomic mass is 16.6. The van der Waals surface area contributed by atoms with Gasteiger partial charge in [-0.3, -0.25) is 0 Å². The molecule has 0 aromatic carbocycles. The van der Waals surface area contributed by atoms with Gasteiger partial charge in [0.25, 0.3) is 0 Å². The number of esters is 1. The van der Waals surface area contributed by atoms with E-state index in [1.54, 1.807) is 6.92 Å². The molecule has 0 amide bonds. The summed E-state index contributed by atoms with van der Waals surface area (Å²) in [4.78, 5) is 29.9. The Morgan fingerprint density at radius 1 is 1.00 bits per heavy atom. The molecule has 124 valence electrons. The zero-order valence-corrected chi connectivity index (χ0v) is 13.0. The van der Waals surface area contributed by atoms with Crippen LogP contribution < -0.4 is 0 Å². The third kappa shape index (κ3) is 15.6. The molecule has 0 radical (unpaired) electrons. The number of carbonyl (C=O) groups excluding carboxylic acids is 1. The molecule has 0 saturated carbocycles. The highest BCUT2D eigenvalue weighted by molar-refractivity contribution is 5.87. The van der Waals surface area contributed by atoms with Gasteiger partial charge >= 0.3 is 17.9 Å². The maximum absolute atomic E-state index is 10.7. The smallest absolute Gasteiger partial charge is 0.333 e. The van der Waals surface area contributed by atoms with E-state index in [4.69, 9.17) is 19.7 Å². The number of carboxylic acid groups (broad SMARTS) is 2. The summed E-state index contributed by atoms with van der Waals surface area (Å²) >= 11 is 0. The molecule has 7 heteroatoms. The van der Waals surface area contributed by atoms with Gasteiger partial charge in [-0.2, -0.15) is 0 Å². The molecule has 1 aliphatic heterocycles. The minimum Gasteiger partial charge on any atom is -0.478 e. The van der Waals surface area contributed by atoms with Gasteiger partial charge in [-0.1, -0.05) is 19.7 Å². The van der Waals surface area contributed by atoms with E-state index in [1.807, 2.05) is 0 Å². The van der Waals surface area contributed by atoms with Gasteiger partial charge < -0.3 is 19.7 Å². The van der Waals surface area contributed by atoms with Gasteiger partial charge in [-0.25, -0.2) is 14.4 Å². The highest BCUT2D eigenvalue weighted by Gasteiger charge is 2.24. The molecule has 1 heterocycles. The number of hydrogen-bond donors (Lipinski definition) is 2. The standard InChI is InChI=1S/C7H10O3.2C4H6O2/c1-5(2)7(8)10-4-6-3-9-6;2*1-3(2)4(5)6/h6H,1,3-4H2,2H3;2*1H2,2H3,(H,5,6). The number of rotatable bonds is 5. The zero-order valence-electron chi connectivity index (χ0n) is 13.0. The van der Waals surface area contributed by atoms with Gasteiger partial charge in [0, 0.05) is 16.7 Å². The molecule has 2 N–H and O–H groups in total. The average molecular weight is 314 g/mol. The Kier molecular flexibility index (Phi) is 11.2. The molecule has 1 atom stereocenters. The lowest BCUT2D eigenvalue weighted by Crippen LogP contribution is -2.09. The first-order chi connectivity index (χ1) is 9.98. The lowest BCUT2D eigenvalue weighted by molar-refractivity contribution is -0.139. The van der Waals surface area contributed by atoms with Crippen molar-refractivity contribution in [3.63, 3.8) is 0 Å². The van der Waals surface area contributed by atoms with Crippen molar-refractivity contribution in [3.8, 4) is 0 Å². The minimum absolute atomic E-state index is 0.142. The quantitative estimate of drug-likeness (QED) is 0.452. The van der Waals surface area contributed by atoms with Crippen LogP contribution in [0, 0.1) is 0 Å². The molecule has 0 aromatic rings. The zero-order chi connectivity index (χ0) is 17.9. The summed E-state index contributed by atoms with van der Waals surface area (Å²) in [7, 11) is 0. The van der Waals surface area contributed by atoms with Gasteiger partial charge in [0.1, 0.15) is 12.7 Å². The Hall–Kier alpha value is -2.41. The second-order valence-electron chi connectivity index (χ2n) is 4.51. The first-order valence-corrected chi connectivity index (χ1v) is 6.20. The van der Waals surface area contributed by atoms with Crippen molar-refractivity contribution in [2.24, 2.45) is 0 Å². The summed E-state index contributed by atoms with van der Waals surface area (Å²) in [6.07, 6.45) is 0.142. The van der Waals surface area contributed by atoms with E-state index in [2.05, 4.69) is 19.7 Å². The topological polar surface area (TPSA) is 113 Å². The van der Waals surface area contributed by atoms with E-state index in [-0.39, 0.29) is 23.2 Å². The predicted molar refractivity (Wildman–Crippen MR) is 80.4 cm³/mol. The number of carbonyl (C=O) groups is 3. The van der Waals surface area contributed by atoms with Crippen molar-refractivity contribution < 1.29 is 34.1 Å². The summed E-state index contributed by atoms with van der Waals surface area (Å²) in [6.45, 7) is 15.3. The van der Waals surface area contributed by atoms with Crippen LogP contribution in [0.5, 0.6) is 0 Å². The molecule has 1 fully saturated rings. The molecule has 7 nitrogen and oxygen atoms in total. The first-order valence-electron chi connectivity index (χ1n) is 6.20. The third-order valence-corrected chi connectivity index (χ3v) is 1.88. The minimum atomic E-state index is -0.935. The molecule has 1 unspecified atom stereocenters. The fourth-order valence-corrected chi connectivity index (χ4v) is 0.456. The maximum Gasteiger partial charge on any atom is 0.333 e. The van der Waals surface area contributed by atoms with Crippen molar-refractivity contribution in [2.45, 2.75) is 26.9 Å². The molecule has 0 aromatic heterocycles. The van der Waals surface area contributed by atoms with E-state index in [1.165, 1.54) is 13.8 Å². The number of epoxide rings is 1. The van der Waals surface area contributed by atoms with E-state index in [0.717, 1.165) is 0 Å². The van der Waals surface area contributed by atoms with E-state index < -0.39 is 11.9 Å². The summed E-state index contributed by atoms with van der Waals surface area (Å²) in [5, 5.41) is 15.8. The fraction of sp³-hybridized carbons (Fsp3) is 0.400.